The zero-order valence-corrected chi connectivity index (χ0v) is 23.0. The molecule has 2 amide bonds. The number of thioether (sulfide) groups is 1. The fraction of sp³-hybridized carbons (Fsp3) is 0.292. The van der Waals surface area contributed by atoms with Crippen LogP contribution in [0.2, 0.25) is 10.0 Å². The molecule has 2 aromatic carbocycles. The highest BCUT2D eigenvalue weighted by Gasteiger charge is 2.36. The highest BCUT2D eigenvalue weighted by Crippen LogP contribution is 2.39. The fourth-order valence-corrected chi connectivity index (χ4v) is 4.85. The van der Waals surface area contributed by atoms with Crippen molar-refractivity contribution in [2.45, 2.75) is 20.5 Å². The summed E-state index contributed by atoms with van der Waals surface area (Å²) in [4.78, 5) is 38.1. The Morgan fingerprint density at radius 2 is 1.94 bits per heavy atom. The third-order valence-electron chi connectivity index (χ3n) is 4.68. The number of nitrogens with zero attached hydrogens (tertiary/aromatic N) is 1. The van der Waals surface area contributed by atoms with Crippen molar-refractivity contribution < 1.29 is 28.6 Å². The van der Waals surface area contributed by atoms with Crippen LogP contribution in [0.25, 0.3) is 6.08 Å². The second kappa shape index (κ2) is 12.2. The van der Waals surface area contributed by atoms with Crippen LogP contribution < -0.4 is 9.47 Å². The second-order valence-corrected chi connectivity index (χ2v) is 10.6. The molecule has 0 saturated carbocycles. The maximum absolute atomic E-state index is 12.7. The van der Waals surface area contributed by atoms with Crippen LogP contribution >= 0.6 is 50.9 Å². The van der Waals surface area contributed by atoms with Crippen LogP contribution in [0.15, 0.2) is 39.7 Å². The molecule has 0 bridgehead atoms. The van der Waals surface area contributed by atoms with E-state index in [2.05, 4.69) is 15.9 Å². The molecule has 1 heterocycles. The standard InChI is InChI=1S/C24H22BrCl2NO6S/c1-13(2)11-33-21(29)10-28-23(30)20(35-24(28)31)8-14-6-17(25)22(19(7-14)32-3)34-12-15-4-5-16(26)9-18(15)27/h4-9,13H,10-12H2,1-3H3/b20-8+. The van der Waals surface area contributed by atoms with Gasteiger partial charge in [0.15, 0.2) is 11.5 Å². The molecule has 0 N–H and O–H groups in total. The van der Waals surface area contributed by atoms with Crippen molar-refractivity contribution in [1.29, 1.82) is 0 Å². The molecular weight excluding hydrogens is 581 g/mol. The van der Waals surface area contributed by atoms with E-state index in [4.69, 9.17) is 37.4 Å². The van der Waals surface area contributed by atoms with E-state index in [1.165, 1.54) is 7.11 Å². The van der Waals surface area contributed by atoms with Crippen LogP contribution in [0, 0.1) is 5.92 Å². The van der Waals surface area contributed by atoms with Crippen LogP contribution in [0.1, 0.15) is 25.0 Å². The lowest BCUT2D eigenvalue weighted by atomic mass is 10.1. The number of hydrogen-bond acceptors (Lipinski definition) is 7. The fourth-order valence-electron chi connectivity index (χ4n) is 2.97. The number of imide groups is 1. The summed E-state index contributed by atoms with van der Waals surface area (Å²) in [5, 5.41) is 0.473. The minimum Gasteiger partial charge on any atom is -0.493 e. The highest BCUT2D eigenvalue weighted by molar-refractivity contribution is 9.10. The molecule has 2 aromatic rings. The molecule has 11 heteroatoms. The number of hydrogen-bond donors (Lipinski definition) is 0. The summed E-state index contributed by atoms with van der Waals surface area (Å²) in [5.74, 6) is -0.190. The number of amides is 2. The third kappa shape index (κ3) is 7.16. The van der Waals surface area contributed by atoms with Gasteiger partial charge in [0.25, 0.3) is 11.1 Å². The highest BCUT2D eigenvalue weighted by atomic mass is 79.9. The number of ether oxygens (including phenoxy) is 3. The predicted octanol–water partition coefficient (Wildman–Crippen LogP) is 6.58. The van der Waals surface area contributed by atoms with Gasteiger partial charge in [0.05, 0.1) is 23.1 Å². The minimum absolute atomic E-state index is 0.150. The van der Waals surface area contributed by atoms with Gasteiger partial charge in [-0.1, -0.05) is 43.1 Å². The number of esters is 1. The van der Waals surface area contributed by atoms with Gasteiger partial charge in [0, 0.05) is 15.6 Å². The average Bonchev–Trinajstić information content (AvgIpc) is 3.05. The average molecular weight is 603 g/mol. The number of halogens is 3. The van der Waals surface area contributed by atoms with Crippen molar-refractivity contribution in [2.75, 3.05) is 20.3 Å². The Balaban J connectivity index is 1.76. The maximum atomic E-state index is 12.7. The van der Waals surface area contributed by atoms with Crippen LogP contribution in [-0.2, 0) is 20.9 Å². The SMILES string of the molecule is COc1cc(/C=C2/SC(=O)N(CC(=O)OCC(C)C)C2=O)cc(Br)c1OCc1ccc(Cl)cc1Cl. The van der Waals surface area contributed by atoms with E-state index in [1.807, 2.05) is 13.8 Å². The van der Waals surface area contributed by atoms with E-state index >= 15 is 0 Å². The Labute approximate surface area is 225 Å². The summed E-state index contributed by atoms with van der Waals surface area (Å²) in [7, 11) is 1.49. The summed E-state index contributed by atoms with van der Waals surface area (Å²) in [6.07, 6.45) is 1.55. The monoisotopic (exact) mass is 601 g/mol. The van der Waals surface area contributed by atoms with Crippen LogP contribution in [0.5, 0.6) is 11.5 Å². The Morgan fingerprint density at radius 1 is 1.20 bits per heavy atom. The zero-order chi connectivity index (χ0) is 25.7. The summed E-state index contributed by atoms with van der Waals surface area (Å²) < 4.78 is 17.0. The molecule has 0 spiro atoms. The molecule has 35 heavy (non-hydrogen) atoms. The molecule has 1 fully saturated rings. The van der Waals surface area contributed by atoms with Gasteiger partial charge in [-0.05, 0) is 69.5 Å². The van der Waals surface area contributed by atoms with Gasteiger partial charge in [-0.15, -0.1) is 0 Å². The molecule has 3 rings (SSSR count). The third-order valence-corrected chi connectivity index (χ3v) is 6.76. The van der Waals surface area contributed by atoms with Crippen LogP contribution in [0.3, 0.4) is 0 Å². The summed E-state index contributed by atoms with van der Waals surface area (Å²) in [6, 6.07) is 8.53. The number of benzene rings is 2. The van der Waals surface area contributed by atoms with E-state index in [9.17, 15) is 14.4 Å². The molecule has 1 aliphatic rings. The molecular formula is C24H22BrCl2NO6S. The molecule has 1 aliphatic heterocycles. The van der Waals surface area contributed by atoms with Gasteiger partial charge in [0.1, 0.15) is 13.2 Å². The quantitative estimate of drug-likeness (QED) is 0.237. The van der Waals surface area contributed by atoms with Crippen molar-refractivity contribution in [3.63, 3.8) is 0 Å². The number of carbonyl (C=O) groups excluding carboxylic acids is 3. The molecule has 0 aromatic heterocycles. The van der Waals surface area contributed by atoms with Gasteiger partial charge < -0.3 is 14.2 Å². The topological polar surface area (TPSA) is 82.1 Å². The molecule has 0 aliphatic carbocycles. The first-order chi connectivity index (χ1) is 16.6. The van der Waals surface area contributed by atoms with Gasteiger partial charge in [-0.2, -0.15) is 0 Å². The normalized spacial score (nSPS) is 14.7. The molecule has 0 unspecified atom stereocenters. The Hall–Kier alpha value is -2.20. The first-order valence-corrected chi connectivity index (χ1v) is 12.8. The van der Waals surface area contributed by atoms with E-state index in [-0.39, 0.29) is 24.0 Å². The predicted molar refractivity (Wildman–Crippen MR) is 140 cm³/mol. The van der Waals surface area contributed by atoms with Crippen LogP contribution in [0.4, 0.5) is 4.79 Å². The summed E-state index contributed by atoms with van der Waals surface area (Å²) in [6.45, 7) is 3.76. The van der Waals surface area contributed by atoms with Crippen LogP contribution in [-0.4, -0.2) is 42.3 Å². The van der Waals surface area contributed by atoms with Crippen molar-refractivity contribution in [3.05, 3.63) is 60.9 Å². The minimum atomic E-state index is -0.631. The maximum Gasteiger partial charge on any atom is 0.326 e. The lowest BCUT2D eigenvalue weighted by Gasteiger charge is -2.14. The zero-order valence-electron chi connectivity index (χ0n) is 19.1. The van der Waals surface area contributed by atoms with Gasteiger partial charge in [-0.3, -0.25) is 19.3 Å². The largest absolute Gasteiger partial charge is 0.493 e. The summed E-state index contributed by atoms with van der Waals surface area (Å²) >= 11 is 16.4. The number of rotatable bonds is 9. The molecule has 0 atom stereocenters. The van der Waals surface area contributed by atoms with E-state index in [1.54, 1.807) is 36.4 Å². The molecule has 0 radical (unpaired) electrons. The van der Waals surface area contributed by atoms with E-state index in [0.29, 0.717) is 31.6 Å². The van der Waals surface area contributed by atoms with Gasteiger partial charge in [0.2, 0.25) is 0 Å². The van der Waals surface area contributed by atoms with E-state index in [0.717, 1.165) is 22.2 Å². The second-order valence-electron chi connectivity index (χ2n) is 7.90. The lowest BCUT2D eigenvalue weighted by Crippen LogP contribution is -2.34. The smallest absolute Gasteiger partial charge is 0.326 e. The number of methoxy groups -OCH3 is 1. The Morgan fingerprint density at radius 3 is 2.60 bits per heavy atom. The van der Waals surface area contributed by atoms with Gasteiger partial charge >= 0.3 is 5.97 Å². The van der Waals surface area contributed by atoms with Crippen molar-refractivity contribution in [3.8, 4) is 11.5 Å². The van der Waals surface area contributed by atoms with Crippen molar-refractivity contribution in [2.24, 2.45) is 5.92 Å². The molecule has 186 valence electrons. The van der Waals surface area contributed by atoms with Gasteiger partial charge in [-0.25, -0.2) is 0 Å². The van der Waals surface area contributed by atoms with Crippen molar-refractivity contribution >= 4 is 74.1 Å². The lowest BCUT2D eigenvalue weighted by molar-refractivity contribution is -0.147. The van der Waals surface area contributed by atoms with Crippen molar-refractivity contribution in [1.82, 2.24) is 4.90 Å². The van der Waals surface area contributed by atoms with E-state index < -0.39 is 23.7 Å². The summed E-state index contributed by atoms with van der Waals surface area (Å²) in [5.41, 5.74) is 1.34. The first kappa shape index (κ1) is 27.4. The Kier molecular flexibility index (Phi) is 9.52. The molecule has 1 saturated heterocycles. The number of carbonyl (C=O) groups is 3. The molecule has 7 nitrogen and oxygen atoms in total. The Bertz CT molecular complexity index is 1190. The first-order valence-electron chi connectivity index (χ1n) is 10.4.